The molecular weight excluding hydrogens is 990 g/mol. The number of hydrogen-bond donors (Lipinski definition) is 0. The monoisotopic (exact) mass is 1110 g/mol. The molecule has 0 aromatic carbocycles. The van der Waals surface area contributed by atoms with Crippen molar-refractivity contribution in [1.29, 1.82) is 0 Å². The van der Waals surface area contributed by atoms with Gasteiger partial charge in [-0.2, -0.15) is 0 Å². The summed E-state index contributed by atoms with van der Waals surface area (Å²) in [5.74, 6) is -0.848. The number of phosphoric ester groups is 1. The number of quaternary nitrogens is 1. The van der Waals surface area contributed by atoms with Crippen molar-refractivity contribution in [2.75, 3.05) is 47.5 Å². The molecule has 0 N–H and O–H groups in total. The smallest absolute Gasteiger partial charge is 0.306 e. The van der Waals surface area contributed by atoms with Crippen molar-refractivity contribution >= 4 is 19.8 Å². The molecule has 2 atom stereocenters. The Morgan fingerprint density at radius 2 is 0.731 bits per heavy atom. The molecule has 446 valence electrons. The van der Waals surface area contributed by atoms with Gasteiger partial charge in [-0.15, -0.1) is 0 Å². The molecule has 9 nitrogen and oxygen atoms in total. The lowest BCUT2D eigenvalue weighted by atomic mass is 10.0. The maximum absolute atomic E-state index is 12.8. The summed E-state index contributed by atoms with van der Waals surface area (Å²) in [4.78, 5) is 37.8. The normalized spacial score (nSPS) is 14.1. The first-order valence-corrected chi connectivity index (χ1v) is 32.7. The molecule has 0 fully saturated rings. The van der Waals surface area contributed by atoms with Gasteiger partial charge in [0.25, 0.3) is 7.82 Å². The van der Waals surface area contributed by atoms with Crippen molar-refractivity contribution in [1.82, 2.24) is 0 Å². The highest BCUT2D eigenvalue weighted by Gasteiger charge is 2.22. The first kappa shape index (κ1) is 74.4. The first-order valence-electron chi connectivity index (χ1n) is 31.2. The second-order valence-corrected chi connectivity index (χ2v) is 23.1. The standard InChI is InChI=1S/C68H116NO8P/c1-6-8-10-12-14-16-18-20-21-22-23-24-25-26-27-28-29-30-31-32-33-34-35-36-37-38-39-40-41-42-43-44-45-46-47-49-51-53-55-57-59-61-68(71)77-66(65-76-78(72,73)75-63-62-69(3,4)5)64-74-67(70)60-58-56-54-52-50-48-19-17-15-13-11-9-7-2/h8,10,14,16-17,19-21,23-24,26-27,29-30,32-33,35-36,38-39,66H,6-7,9,11-13,15,18,22,25,28,31,34,37,40-65H2,1-5H3/b10-8-,16-14-,19-17-,21-20-,24-23-,27-26-,30-29-,33-32-,36-35-,39-38-. The molecule has 0 aliphatic rings. The van der Waals surface area contributed by atoms with Crippen LogP contribution in [0.25, 0.3) is 0 Å². The Labute approximate surface area is 479 Å². The SMILES string of the molecule is CC/C=C\C/C=C\C/C=C\C/C=C\C/C=C\C/C=C\C/C=C\C/C=C\C/C=C\CCCCCCCCCCCCCCCC(=O)OC(COC(=O)CCCCCCC/C=C\CCCCCC)COP(=O)([O-])OCC[N+](C)(C)C. The predicted molar refractivity (Wildman–Crippen MR) is 332 cm³/mol. The summed E-state index contributed by atoms with van der Waals surface area (Å²) in [5, 5.41) is 0. The summed E-state index contributed by atoms with van der Waals surface area (Å²) in [6, 6.07) is 0. The van der Waals surface area contributed by atoms with Crippen molar-refractivity contribution in [2.45, 2.75) is 251 Å². The van der Waals surface area contributed by atoms with Gasteiger partial charge in [-0.1, -0.05) is 245 Å². The van der Waals surface area contributed by atoms with E-state index in [1.807, 2.05) is 21.1 Å². The maximum atomic E-state index is 12.8. The molecule has 0 heterocycles. The molecule has 78 heavy (non-hydrogen) atoms. The lowest BCUT2D eigenvalue weighted by molar-refractivity contribution is -0.870. The van der Waals surface area contributed by atoms with Crippen LogP contribution in [0.1, 0.15) is 245 Å². The third kappa shape index (κ3) is 61.6. The minimum Gasteiger partial charge on any atom is -0.756 e. The quantitative estimate of drug-likeness (QED) is 0.0195. The number of carbonyl (C=O) groups excluding carboxylic acids is 2. The van der Waals surface area contributed by atoms with Crippen LogP contribution in [0.15, 0.2) is 122 Å². The Bertz CT molecular complexity index is 1730. The van der Waals surface area contributed by atoms with E-state index in [9.17, 15) is 19.0 Å². The Morgan fingerprint density at radius 1 is 0.410 bits per heavy atom. The molecule has 0 saturated carbocycles. The summed E-state index contributed by atoms with van der Waals surface area (Å²) >= 11 is 0. The molecule has 0 spiro atoms. The predicted octanol–water partition coefficient (Wildman–Crippen LogP) is 19.3. The van der Waals surface area contributed by atoms with Crippen LogP contribution in [-0.2, 0) is 32.7 Å². The van der Waals surface area contributed by atoms with Crippen molar-refractivity contribution in [2.24, 2.45) is 0 Å². The van der Waals surface area contributed by atoms with Gasteiger partial charge in [0.05, 0.1) is 27.7 Å². The summed E-state index contributed by atoms with van der Waals surface area (Å²) in [7, 11) is 1.15. The lowest BCUT2D eigenvalue weighted by Crippen LogP contribution is -2.37. The molecule has 2 unspecified atom stereocenters. The van der Waals surface area contributed by atoms with E-state index in [-0.39, 0.29) is 26.1 Å². The van der Waals surface area contributed by atoms with Crippen LogP contribution in [0.5, 0.6) is 0 Å². The van der Waals surface area contributed by atoms with E-state index >= 15 is 0 Å². The summed E-state index contributed by atoms with van der Waals surface area (Å²) < 4.78 is 34.1. The van der Waals surface area contributed by atoms with Gasteiger partial charge < -0.3 is 27.9 Å². The van der Waals surface area contributed by atoms with Crippen molar-refractivity contribution < 1.29 is 42.1 Å². The lowest BCUT2D eigenvalue weighted by Gasteiger charge is -2.28. The Morgan fingerprint density at radius 3 is 1.10 bits per heavy atom. The van der Waals surface area contributed by atoms with Gasteiger partial charge in [-0.05, 0) is 109 Å². The Kier molecular flexibility index (Phi) is 55.4. The zero-order valence-corrected chi connectivity index (χ0v) is 51.5. The first-order chi connectivity index (χ1) is 38.0. The largest absolute Gasteiger partial charge is 0.756 e. The minimum atomic E-state index is -4.64. The molecule has 10 heteroatoms. The number of ether oxygens (including phenoxy) is 2. The van der Waals surface area contributed by atoms with Crippen LogP contribution < -0.4 is 4.89 Å². The molecule has 0 rings (SSSR count). The molecule has 0 aliphatic heterocycles. The average molecular weight is 1110 g/mol. The van der Waals surface area contributed by atoms with E-state index in [0.29, 0.717) is 17.4 Å². The molecule has 0 amide bonds. The van der Waals surface area contributed by atoms with Gasteiger partial charge in [0.15, 0.2) is 6.10 Å². The Hall–Kier alpha value is -3.59. The molecule has 0 aromatic heterocycles. The van der Waals surface area contributed by atoms with Crippen LogP contribution in [0, 0.1) is 0 Å². The van der Waals surface area contributed by atoms with Gasteiger partial charge in [0, 0.05) is 12.8 Å². The number of rotatable bonds is 56. The van der Waals surface area contributed by atoms with Gasteiger partial charge in [-0.3, -0.25) is 14.2 Å². The fourth-order valence-corrected chi connectivity index (χ4v) is 8.90. The summed E-state index contributed by atoms with van der Waals surface area (Å²) in [6.45, 7) is 4.09. The Balaban J connectivity index is 4.02. The summed E-state index contributed by atoms with van der Waals surface area (Å²) in [5.41, 5.74) is 0. The number of nitrogens with zero attached hydrogens (tertiary/aromatic N) is 1. The molecule has 0 aromatic rings. The van der Waals surface area contributed by atoms with Crippen molar-refractivity contribution in [3.05, 3.63) is 122 Å². The van der Waals surface area contributed by atoms with Crippen LogP contribution in [-0.4, -0.2) is 70.0 Å². The highest BCUT2D eigenvalue weighted by atomic mass is 31.2. The summed E-state index contributed by atoms with van der Waals surface area (Å²) in [6.07, 6.45) is 82.7. The van der Waals surface area contributed by atoms with Crippen molar-refractivity contribution in [3.63, 3.8) is 0 Å². The van der Waals surface area contributed by atoms with Gasteiger partial charge in [-0.25, -0.2) is 0 Å². The molecule has 0 saturated heterocycles. The zero-order valence-electron chi connectivity index (χ0n) is 50.6. The number of likely N-dealkylation sites (N-methyl/N-ethyl adjacent to an activating group) is 1. The topological polar surface area (TPSA) is 111 Å². The number of allylic oxidation sites excluding steroid dienone is 20. The van der Waals surface area contributed by atoms with Gasteiger partial charge in [0.2, 0.25) is 0 Å². The van der Waals surface area contributed by atoms with E-state index in [1.165, 1.54) is 96.3 Å². The fourth-order valence-electron chi connectivity index (χ4n) is 8.17. The number of phosphoric acid groups is 1. The van der Waals surface area contributed by atoms with Crippen LogP contribution in [0.4, 0.5) is 0 Å². The van der Waals surface area contributed by atoms with Gasteiger partial charge in [0.1, 0.15) is 19.8 Å². The average Bonchev–Trinajstić information content (AvgIpc) is 3.40. The molecule has 0 radical (unpaired) electrons. The van der Waals surface area contributed by atoms with Crippen molar-refractivity contribution in [3.8, 4) is 0 Å². The number of esters is 2. The fraction of sp³-hybridized carbons (Fsp3) is 0.676. The van der Waals surface area contributed by atoms with E-state index in [4.69, 9.17) is 18.5 Å². The second kappa shape index (κ2) is 58.1. The molecule has 0 bridgehead atoms. The van der Waals surface area contributed by atoms with E-state index in [2.05, 4.69) is 135 Å². The third-order valence-corrected chi connectivity index (χ3v) is 13.9. The highest BCUT2D eigenvalue weighted by molar-refractivity contribution is 7.45. The zero-order chi connectivity index (χ0) is 57.0. The minimum absolute atomic E-state index is 0.0362. The number of unbranched alkanes of at least 4 members (excludes halogenated alkanes) is 22. The van der Waals surface area contributed by atoms with E-state index in [0.717, 1.165) is 116 Å². The number of carbonyl (C=O) groups is 2. The maximum Gasteiger partial charge on any atom is 0.306 e. The second-order valence-electron chi connectivity index (χ2n) is 21.7. The third-order valence-electron chi connectivity index (χ3n) is 13.0. The highest BCUT2D eigenvalue weighted by Crippen LogP contribution is 2.38. The van der Waals surface area contributed by atoms with E-state index < -0.39 is 32.5 Å². The molecule has 0 aliphatic carbocycles. The van der Waals surface area contributed by atoms with E-state index in [1.54, 1.807) is 0 Å². The van der Waals surface area contributed by atoms with Crippen LogP contribution >= 0.6 is 7.82 Å². The molecular formula is C68H116NO8P. The number of hydrogen-bond acceptors (Lipinski definition) is 8. The van der Waals surface area contributed by atoms with Gasteiger partial charge >= 0.3 is 11.9 Å². The van der Waals surface area contributed by atoms with Crippen LogP contribution in [0.2, 0.25) is 0 Å². The van der Waals surface area contributed by atoms with Crippen LogP contribution in [0.3, 0.4) is 0 Å².